The minimum atomic E-state index is -1.63. The van der Waals surface area contributed by atoms with Crippen molar-refractivity contribution in [3.63, 3.8) is 0 Å². The van der Waals surface area contributed by atoms with Crippen LogP contribution in [0.1, 0.15) is 15.9 Å². The van der Waals surface area contributed by atoms with Gasteiger partial charge in [0, 0.05) is 11.0 Å². The van der Waals surface area contributed by atoms with Gasteiger partial charge in [0.1, 0.15) is 5.75 Å². The molecule has 102 valence electrons. The summed E-state index contributed by atoms with van der Waals surface area (Å²) < 4.78 is 5.40. The van der Waals surface area contributed by atoms with Gasteiger partial charge in [0.2, 0.25) is 0 Å². The lowest BCUT2D eigenvalue weighted by Gasteiger charge is -2.11. The third-order valence-electron chi connectivity index (χ3n) is 2.90. The van der Waals surface area contributed by atoms with Gasteiger partial charge in [-0.05, 0) is 13.0 Å². The zero-order valence-corrected chi connectivity index (χ0v) is 11.1. The number of benzene rings is 2. The van der Waals surface area contributed by atoms with Crippen molar-refractivity contribution in [3.8, 4) is 5.75 Å². The van der Waals surface area contributed by atoms with Gasteiger partial charge in [-0.25, -0.2) is 0 Å². The molecule has 0 atom stereocenters. The number of ether oxygens (including phenoxy) is 1. The van der Waals surface area contributed by atoms with Crippen molar-refractivity contribution in [2.45, 2.75) is 6.92 Å². The van der Waals surface area contributed by atoms with Crippen LogP contribution in [0.5, 0.6) is 5.75 Å². The maximum atomic E-state index is 11.9. The Balaban J connectivity index is 2.10. The van der Waals surface area contributed by atoms with Crippen molar-refractivity contribution in [1.82, 2.24) is 0 Å². The normalized spacial score (nSPS) is 10.2. The van der Waals surface area contributed by atoms with E-state index in [1.807, 2.05) is 13.0 Å². The van der Waals surface area contributed by atoms with Crippen LogP contribution in [0.2, 0.25) is 0 Å². The van der Waals surface area contributed by atoms with Crippen LogP contribution in [0.15, 0.2) is 48.5 Å². The smallest absolute Gasteiger partial charge is 0.486 e. The van der Waals surface area contributed by atoms with Crippen molar-refractivity contribution in [2.24, 2.45) is 0 Å². The highest BCUT2D eigenvalue weighted by atomic mass is 16.5. The molecule has 0 heterocycles. The summed E-state index contributed by atoms with van der Waals surface area (Å²) >= 11 is 0. The molecular formula is C15H15BO4. The molecule has 20 heavy (non-hydrogen) atoms. The van der Waals surface area contributed by atoms with Gasteiger partial charge in [0.15, 0.2) is 12.4 Å². The van der Waals surface area contributed by atoms with Crippen LogP contribution in [-0.4, -0.2) is 29.6 Å². The van der Waals surface area contributed by atoms with E-state index in [-0.39, 0.29) is 17.9 Å². The first kappa shape index (κ1) is 14.3. The molecule has 2 aromatic carbocycles. The number of ketones is 1. The first-order valence-electron chi connectivity index (χ1n) is 6.25. The minimum Gasteiger partial charge on any atom is -0.486 e. The van der Waals surface area contributed by atoms with Crippen molar-refractivity contribution in [3.05, 3.63) is 59.7 Å². The molecule has 0 aromatic heterocycles. The first-order valence-corrected chi connectivity index (χ1v) is 6.25. The molecule has 0 unspecified atom stereocenters. The summed E-state index contributed by atoms with van der Waals surface area (Å²) in [5, 5.41) is 18.6. The third kappa shape index (κ3) is 3.47. The number of hydrogen-bond acceptors (Lipinski definition) is 4. The van der Waals surface area contributed by atoms with E-state index in [9.17, 15) is 14.8 Å². The Hall–Kier alpha value is -2.11. The molecule has 0 saturated heterocycles. The van der Waals surface area contributed by atoms with Gasteiger partial charge in [-0.1, -0.05) is 48.0 Å². The average Bonchev–Trinajstić information content (AvgIpc) is 2.46. The van der Waals surface area contributed by atoms with Crippen LogP contribution in [0.4, 0.5) is 0 Å². The monoisotopic (exact) mass is 270 g/mol. The largest absolute Gasteiger partial charge is 0.492 e. The van der Waals surface area contributed by atoms with Crippen LogP contribution in [0.3, 0.4) is 0 Å². The van der Waals surface area contributed by atoms with E-state index in [0.717, 1.165) is 5.56 Å². The van der Waals surface area contributed by atoms with Crippen LogP contribution in [0.25, 0.3) is 0 Å². The molecule has 4 nitrogen and oxygen atoms in total. The fourth-order valence-electron chi connectivity index (χ4n) is 1.85. The Morgan fingerprint density at radius 3 is 2.50 bits per heavy atom. The van der Waals surface area contributed by atoms with Crippen LogP contribution in [-0.2, 0) is 0 Å². The van der Waals surface area contributed by atoms with E-state index < -0.39 is 7.12 Å². The molecule has 0 aliphatic rings. The van der Waals surface area contributed by atoms with Crippen molar-refractivity contribution in [1.29, 1.82) is 0 Å². The Morgan fingerprint density at radius 2 is 1.85 bits per heavy atom. The lowest BCUT2D eigenvalue weighted by atomic mass is 9.79. The summed E-state index contributed by atoms with van der Waals surface area (Å²) in [7, 11) is -1.63. The maximum Gasteiger partial charge on any atom is 0.492 e. The maximum absolute atomic E-state index is 11.9. The number of carbonyl (C=O) groups is 1. The summed E-state index contributed by atoms with van der Waals surface area (Å²) in [5.74, 6) is 0.138. The van der Waals surface area contributed by atoms with Gasteiger partial charge in [0.05, 0.1) is 0 Å². The van der Waals surface area contributed by atoms with Gasteiger partial charge < -0.3 is 14.8 Å². The van der Waals surface area contributed by atoms with E-state index in [4.69, 9.17) is 4.74 Å². The van der Waals surface area contributed by atoms with Crippen molar-refractivity contribution >= 4 is 18.4 Å². The molecule has 2 rings (SSSR count). The fraction of sp³-hybridized carbons (Fsp3) is 0.133. The first-order chi connectivity index (χ1) is 9.58. The topological polar surface area (TPSA) is 66.8 Å². The highest BCUT2D eigenvalue weighted by Crippen LogP contribution is 2.11. The van der Waals surface area contributed by atoms with Crippen LogP contribution < -0.4 is 10.2 Å². The Bertz CT molecular complexity index is 596. The number of aryl methyl sites for hydroxylation is 1. The Labute approximate surface area is 117 Å². The summed E-state index contributed by atoms with van der Waals surface area (Å²) in [4.78, 5) is 11.9. The van der Waals surface area contributed by atoms with Gasteiger partial charge >= 0.3 is 7.12 Å². The second-order valence-corrected chi connectivity index (χ2v) is 4.49. The molecule has 0 radical (unpaired) electrons. The quantitative estimate of drug-likeness (QED) is 0.626. The van der Waals surface area contributed by atoms with Gasteiger partial charge in [-0.2, -0.15) is 0 Å². The molecule has 0 spiro atoms. The highest BCUT2D eigenvalue weighted by Gasteiger charge is 2.18. The van der Waals surface area contributed by atoms with E-state index in [2.05, 4.69) is 0 Å². The van der Waals surface area contributed by atoms with Crippen molar-refractivity contribution < 1.29 is 19.6 Å². The van der Waals surface area contributed by atoms with Crippen LogP contribution >= 0.6 is 0 Å². The third-order valence-corrected chi connectivity index (χ3v) is 2.90. The summed E-state index contributed by atoms with van der Waals surface area (Å²) in [6, 6.07) is 13.8. The molecule has 2 N–H and O–H groups in total. The Morgan fingerprint density at radius 1 is 1.15 bits per heavy atom. The van der Waals surface area contributed by atoms with Crippen molar-refractivity contribution in [2.75, 3.05) is 6.61 Å². The van der Waals surface area contributed by atoms with Gasteiger partial charge in [0.25, 0.3) is 0 Å². The SMILES string of the molecule is Cc1ccc(OCC(=O)c2ccccc2)c(B(O)O)c1. The standard InChI is InChI=1S/C15H15BO4/c1-11-7-8-15(13(9-11)16(18)19)20-10-14(17)12-5-3-2-4-6-12/h2-9,18-19H,10H2,1H3. The van der Waals surface area contributed by atoms with E-state index in [1.165, 1.54) is 0 Å². The lowest BCUT2D eigenvalue weighted by Crippen LogP contribution is -2.32. The fourth-order valence-corrected chi connectivity index (χ4v) is 1.85. The van der Waals surface area contributed by atoms with E-state index >= 15 is 0 Å². The number of Topliss-reactive ketones (excluding diaryl/α,β-unsaturated/α-hetero) is 1. The molecule has 0 bridgehead atoms. The summed E-state index contributed by atoms with van der Waals surface area (Å²) in [6.45, 7) is 1.69. The molecule has 0 saturated carbocycles. The lowest BCUT2D eigenvalue weighted by molar-refractivity contribution is 0.0922. The molecule has 2 aromatic rings. The summed E-state index contributed by atoms with van der Waals surface area (Å²) in [6.07, 6.45) is 0. The molecule has 0 aliphatic heterocycles. The van der Waals surface area contributed by atoms with E-state index in [0.29, 0.717) is 11.3 Å². The number of carbonyl (C=O) groups excluding carboxylic acids is 1. The predicted molar refractivity (Wildman–Crippen MR) is 77.3 cm³/mol. The number of rotatable bonds is 5. The molecule has 0 fully saturated rings. The zero-order valence-electron chi connectivity index (χ0n) is 11.1. The summed E-state index contributed by atoms with van der Waals surface area (Å²) in [5.41, 5.74) is 1.70. The molecule has 0 aliphatic carbocycles. The van der Waals surface area contributed by atoms with E-state index in [1.54, 1.807) is 42.5 Å². The molecule has 5 heteroatoms. The minimum absolute atomic E-state index is 0.146. The van der Waals surface area contributed by atoms with Gasteiger partial charge in [-0.15, -0.1) is 0 Å². The van der Waals surface area contributed by atoms with Gasteiger partial charge in [-0.3, -0.25) is 4.79 Å². The Kier molecular flexibility index (Phi) is 4.55. The van der Waals surface area contributed by atoms with Crippen LogP contribution in [0, 0.1) is 6.92 Å². The molecule has 0 amide bonds. The average molecular weight is 270 g/mol. The second-order valence-electron chi connectivity index (χ2n) is 4.49. The number of hydrogen-bond donors (Lipinski definition) is 2. The second kappa shape index (κ2) is 6.37. The predicted octanol–water partition coefficient (Wildman–Crippen LogP) is 0.937. The molecular weight excluding hydrogens is 255 g/mol. The zero-order chi connectivity index (χ0) is 14.5. The highest BCUT2D eigenvalue weighted by molar-refractivity contribution is 6.59.